The third kappa shape index (κ3) is 2.60. The van der Waals surface area contributed by atoms with Crippen LogP contribution in [0.15, 0.2) is 29.8 Å². The number of benzene rings is 1. The van der Waals surface area contributed by atoms with Crippen molar-refractivity contribution in [2.45, 2.75) is 6.54 Å². The van der Waals surface area contributed by atoms with Gasteiger partial charge in [-0.15, -0.1) is 11.3 Å². The molecule has 0 radical (unpaired) electrons. The van der Waals surface area contributed by atoms with Gasteiger partial charge in [0.1, 0.15) is 10.8 Å². The van der Waals surface area contributed by atoms with Crippen molar-refractivity contribution >= 4 is 22.9 Å². The van der Waals surface area contributed by atoms with Crippen molar-refractivity contribution in [3.8, 4) is 5.75 Å². The van der Waals surface area contributed by atoms with Gasteiger partial charge in [0, 0.05) is 11.6 Å². The van der Waals surface area contributed by atoms with E-state index in [1.165, 1.54) is 18.4 Å². The minimum Gasteiger partial charge on any atom is -0.495 e. The number of carbonyl (C=O) groups excluding carboxylic acids is 1. The van der Waals surface area contributed by atoms with Crippen LogP contribution >= 0.6 is 11.3 Å². The third-order valence-corrected chi connectivity index (χ3v) is 3.19. The molecule has 0 aliphatic heterocycles. The van der Waals surface area contributed by atoms with E-state index >= 15 is 0 Å². The van der Waals surface area contributed by atoms with Crippen LogP contribution in [0.4, 0.5) is 5.69 Å². The molecule has 1 heterocycles. The van der Waals surface area contributed by atoms with Crippen molar-refractivity contribution in [2.75, 3.05) is 12.8 Å². The summed E-state index contributed by atoms with van der Waals surface area (Å²) in [4.78, 5) is 16.0. The number of para-hydroxylation sites is 1. The standard InChI is InChI=1S/C12H13N3O2S/c1-17-9-4-2-3-8(11(9)13)12(16)15-7-10-14-5-6-18-10/h2-6H,7,13H2,1H3,(H,15,16). The fraction of sp³-hybridized carbons (Fsp3) is 0.167. The van der Waals surface area contributed by atoms with Crippen LogP contribution in [0.2, 0.25) is 0 Å². The fourth-order valence-electron chi connectivity index (χ4n) is 1.51. The number of nitrogen functional groups attached to an aromatic ring is 1. The summed E-state index contributed by atoms with van der Waals surface area (Å²) >= 11 is 1.49. The first kappa shape index (κ1) is 12.4. The number of nitrogens with one attached hydrogen (secondary N) is 1. The van der Waals surface area contributed by atoms with E-state index < -0.39 is 0 Å². The number of nitrogens with two attached hydrogens (primary N) is 1. The predicted octanol–water partition coefficient (Wildman–Crippen LogP) is 1.66. The lowest BCUT2D eigenvalue weighted by Crippen LogP contribution is -2.23. The van der Waals surface area contributed by atoms with Gasteiger partial charge < -0.3 is 15.8 Å². The van der Waals surface area contributed by atoms with E-state index in [1.807, 2.05) is 5.38 Å². The number of carbonyl (C=O) groups is 1. The Balaban J connectivity index is 2.09. The van der Waals surface area contributed by atoms with Crippen molar-refractivity contribution in [1.82, 2.24) is 10.3 Å². The van der Waals surface area contributed by atoms with Gasteiger partial charge in [0.25, 0.3) is 5.91 Å². The van der Waals surface area contributed by atoms with E-state index in [1.54, 1.807) is 24.4 Å². The van der Waals surface area contributed by atoms with Crippen LogP contribution in [-0.2, 0) is 6.54 Å². The second-order valence-corrected chi connectivity index (χ2v) is 4.51. The molecule has 0 saturated heterocycles. The molecular formula is C12H13N3O2S. The van der Waals surface area contributed by atoms with Crippen LogP contribution in [0, 0.1) is 0 Å². The number of ether oxygens (including phenoxy) is 1. The smallest absolute Gasteiger partial charge is 0.253 e. The van der Waals surface area contributed by atoms with E-state index in [0.29, 0.717) is 23.5 Å². The second kappa shape index (κ2) is 5.50. The van der Waals surface area contributed by atoms with Gasteiger partial charge >= 0.3 is 0 Å². The van der Waals surface area contributed by atoms with Gasteiger partial charge in [-0.05, 0) is 12.1 Å². The van der Waals surface area contributed by atoms with Gasteiger partial charge in [-0.25, -0.2) is 4.98 Å². The normalized spacial score (nSPS) is 10.1. The lowest BCUT2D eigenvalue weighted by Gasteiger charge is -2.09. The van der Waals surface area contributed by atoms with E-state index in [-0.39, 0.29) is 5.91 Å². The number of anilines is 1. The molecule has 0 bridgehead atoms. The third-order valence-electron chi connectivity index (χ3n) is 2.41. The summed E-state index contributed by atoms with van der Waals surface area (Å²) in [7, 11) is 1.52. The lowest BCUT2D eigenvalue weighted by atomic mass is 10.1. The number of hydrogen-bond acceptors (Lipinski definition) is 5. The van der Waals surface area contributed by atoms with Crippen LogP contribution in [-0.4, -0.2) is 18.0 Å². The molecule has 3 N–H and O–H groups in total. The maximum Gasteiger partial charge on any atom is 0.253 e. The fourth-order valence-corrected chi connectivity index (χ4v) is 2.07. The van der Waals surface area contributed by atoms with E-state index in [0.717, 1.165) is 5.01 Å². The molecule has 1 aromatic heterocycles. The van der Waals surface area contributed by atoms with Crippen molar-refractivity contribution in [3.05, 3.63) is 40.3 Å². The minimum atomic E-state index is -0.235. The molecule has 0 unspecified atom stereocenters. The van der Waals surface area contributed by atoms with Crippen molar-refractivity contribution in [2.24, 2.45) is 0 Å². The number of rotatable bonds is 4. The van der Waals surface area contributed by atoms with Crippen LogP contribution in [0.25, 0.3) is 0 Å². The first-order valence-corrected chi connectivity index (χ1v) is 6.19. The lowest BCUT2D eigenvalue weighted by molar-refractivity contribution is 0.0951. The van der Waals surface area contributed by atoms with Crippen LogP contribution < -0.4 is 15.8 Å². The average Bonchev–Trinajstić information content (AvgIpc) is 2.89. The molecule has 0 fully saturated rings. The summed E-state index contributed by atoms with van der Waals surface area (Å²) < 4.78 is 5.07. The number of aromatic nitrogens is 1. The zero-order chi connectivity index (χ0) is 13.0. The molecule has 1 aromatic carbocycles. The van der Waals surface area contributed by atoms with Gasteiger partial charge in [-0.2, -0.15) is 0 Å². The van der Waals surface area contributed by atoms with E-state index in [9.17, 15) is 4.79 Å². The summed E-state index contributed by atoms with van der Waals surface area (Å²) in [5.41, 5.74) is 6.60. The monoisotopic (exact) mass is 263 g/mol. The SMILES string of the molecule is COc1cccc(C(=O)NCc2nccs2)c1N. The van der Waals surface area contributed by atoms with Gasteiger partial charge in [-0.3, -0.25) is 4.79 Å². The van der Waals surface area contributed by atoms with E-state index in [2.05, 4.69) is 10.3 Å². The molecule has 2 aromatic rings. The Morgan fingerprint density at radius 1 is 1.56 bits per heavy atom. The Kier molecular flexibility index (Phi) is 3.78. The summed E-state index contributed by atoms with van der Waals surface area (Å²) in [6, 6.07) is 5.11. The molecule has 0 spiro atoms. The molecule has 6 heteroatoms. The number of nitrogens with zero attached hydrogens (tertiary/aromatic N) is 1. The quantitative estimate of drug-likeness (QED) is 0.822. The average molecular weight is 263 g/mol. The summed E-state index contributed by atoms with van der Waals surface area (Å²) in [5, 5.41) is 5.48. The zero-order valence-electron chi connectivity index (χ0n) is 9.84. The van der Waals surface area contributed by atoms with Crippen molar-refractivity contribution < 1.29 is 9.53 Å². The number of methoxy groups -OCH3 is 1. The summed E-state index contributed by atoms with van der Waals surface area (Å²) in [6.07, 6.45) is 1.70. The molecule has 0 atom stereocenters. The second-order valence-electron chi connectivity index (χ2n) is 3.53. The maximum atomic E-state index is 12.0. The maximum absolute atomic E-state index is 12.0. The molecule has 2 rings (SSSR count). The summed E-state index contributed by atoms with van der Waals surface area (Å²) in [6.45, 7) is 0.396. The van der Waals surface area contributed by atoms with Gasteiger partial charge in [0.2, 0.25) is 0 Å². The molecule has 0 saturated carbocycles. The van der Waals surface area contributed by atoms with Crippen molar-refractivity contribution in [1.29, 1.82) is 0 Å². The first-order chi connectivity index (χ1) is 8.72. The molecular weight excluding hydrogens is 250 g/mol. The Hall–Kier alpha value is -2.08. The number of amides is 1. The predicted molar refractivity (Wildman–Crippen MR) is 70.7 cm³/mol. The van der Waals surface area contributed by atoms with Crippen molar-refractivity contribution in [3.63, 3.8) is 0 Å². The van der Waals surface area contributed by atoms with E-state index in [4.69, 9.17) is 10.5 Å². The zero-order valence-corrected chi connectivity index (χ0v) is 10.7. The van der Waals surface area contributed by atoms with Crippen LogP contribution in [0.1, 0.15) is 15.4 Å². The Bertz CT molecular complexity index is 540. The highest BCUT2D eigenvalue weighted by Crippen LogP contribution is 2.24. The molecule has 1 amide bonds. The molecule has 18 heavy (non-hydrogen) atoms. The number of hydrogen-bond donors (Lipinski definition) is 2. The van der Waals surface area contributed by atoms with Gasteiger partial charge in [0.15, 0.2) is 0 Å². The molecule has 0 aliphatic rings. The van der Waals surface area contributed by atoms with Gasteiger partial charge in [0.05, 0.1) is 24.9 Å². The first-order valence-electron chi connectivity index (χ1n) is 5.31. The van der Waals surface area contributed by atoms with Crippen LogP contribution in [0.3, 0.4) is 0 Å². The molecule has 5 nitrogen and oxygen atoms in total. The minimum absolute atomic E-state index is 0.235. The largest absolute Gasteiger partial charge is 0.495 e. The highest BCUT2D eigenvalue weighted by Gasteiger charge is 2.12. The Morgan fingerprint density at radius 2 is 2.39 bits per heavy atom. The highest BCUT2D eigenvalue weighted by atomic mass is 32.1. The molecule has 94 valence electrons. The highest BCUT2D eigenvalue weighted by molar-refractivity contribution is 7.09. The Labute approximate surface area is 109 Å². The number of thiazole rings is 1. The van der Waals surface area contributed by atoms with Gasteiger partial charge in [-0.1, -0.05) is 6.07 Å². The summed E-state index contributed by atoms with van der Waals surface area (Å²) in [5.74, 6) is 0.262. The topological polar surface area (TPSA) is 77.2 Å². The molecule has 0 aliphatic carbocycles. The Morgan fingerprint density at radius 3 is 3.06 bits per heavy atom. The van der Waals surface area contributed by atoms with Crippen LogP contribution in [0.5, 0.6) is 5.75 Å².